The molecule has 0 bridgehead atoms. The fourth-order valence-electron chi connectivity index (χ4n) is 2.43. The van der Waals surface area contributed by atoms with Crippen LogP contribution >= 0.6 is 0 Å². The van der Waals surface area contributed by atoms with E-state index in [0.29, 0.717) is 0 Å². The molecule has 0 aliphatic carbocycles. The predicted molar refractivity (Wildman–Crippen MR) is 85.7 cm³/mol. The molecule has 1 aliphatic rings. The van der Waals surface area contributed by atoms with E-state index in [1.807, 2.05) is 36.4 Å². The van der Waals surface area contributed by atoms with Crippen LogP contribution in [0.1, 0.15) is 11.1 Å². The van der Waals surface area contributed by atoms with Gasteiger partial charge in [0.2, 0.25) is 0 Å². The Morgan fingerprint density at radius 2 is 1.77 bits per heavy atom. The first kappa shape index (κ1) is 14.5. The molecular weight excluding hydrogens is 278 g/mol. The van der Waals surface area contributed by atoms with Gasteiger partial charge in [0.1, 0.15) is 17.6 Å². The monoisotopic (exact) mass is 297 g/mol. The number of ether oxygens (including phenoxy) is 2. The molecular formula is C18H19NO3. The third-order valence-electron chi connectivity index (χ3n) is 3.65. The van der Waals surface area contributed by atoms with Crippen LogP contribution < -0.4 is 15.0 Å². The molecule has 0 aromatic heterocycles. The van der Waals surface area contributed by atoms with Crippen LogP contribution in [0.2, 0.25) is 0 Å². The van der Waals surface area contributed by atoms with Crippen LogP contribution in [-0.4, -0.2) is 20.3 Å². The minimum atomic E-state index is 0.00889. The Morgan fingerprint density at radius 3 is 2.50 bits per heavy atom. The van der Waals surface area contributed by atoms with E-state index >= 15 is 0 Å². The van der Waals surface area contributed by atoms with Gasteiger partial charge in [-0.1, -0.05) is 24.3 Å². The summed E-state index contributed by atoms with van der Waals surface area (Å²) in [7, 11) is 3.33. The Balaban J connectivity index is 1.70. The van der Waals surface area contributed by atoms with Crippen LogP contribution in [0.5, 0.6) is 11.5 Å². The molecule has 0 fully saturated rings. The summed E-state index contributed by atoms with van der Waals surface area (Å²) in [4.78, 5) is 5.64. The summed E-state index contributed by atoms with van der Waals surface area (Å²) in [5.74, 6) is 1.70. The van der Waals surface area contributed by atoms with Crippen LogP contribution in [0.4, 0.5) is 0 Å². The lowest BCUT2D eigenvalue weighted by molar-refractivity contribution is 0.0519. The highest BCUT2D eigenvalue weighted by atomic mass is 16.7. The van der Waals surface area contributed by atoms with Crippen molar-refractivity contribution in [3.05, 3.63) is 65.7 Å². The molecule has 0 radical (unpaired) electrons. The van der Waals surface area contributed by atoms with Crippen molar-refractivity contribution >= 4 is 5.70 Å². The molecule has 0 amide bonds. The zero-order valence-corrected chi connectivity index (χ0v) is 12.7. The Hall–Kier alpha value is -2.46. The van der Waals surface area contributed by atoms with Gasteiger partial charge in [0, 0.05) is 12.0 Å². The number of benzene rings is 2. The maximum absolute atomic E-state index is 5.64. The summed E-state index contributed by atoms with van der Waals surface area (Å²) in [6.07, 6.45) is 2.92. The molecule has 1 aliphatic heterocycles. The van der Waals surface area contributed by atoms with Gasteiger partial charge in [-0.15, -0.1) is 0 Å². The molecule has 1 unspecified atom stereocenters. The molecule has 114 valence electrons. The summed E-state index contributed by atoms with van der Waals surface area (Å²) in [5.41, 5.74) is 6.22. The molecule has 2 aromatic rings. The highest BCUT2D eigenvalue weighted by Gasteiger charge is 2.18. The van der Waals surface area contributed by atoms with Gasteiger partial charge in [-0.2, -0.15) is 0 Å². The maximum Gasteiger partial charge on any atom is 0.119 e. The normalized spacial score (nSPS) is 16.8. The van der Waals surface area contributed by atoms with Crippen molar-refractivity contribution in [1.82, 2.24) is 5.48 Å². The third kappa shape index (κ3) is 3.23. The summed E-state index contributed by atoms with van der Waals surface area (Å²) in [5, 5.41) is 0. The van der Waals surface area contributed by atoms with Crippen molar-refractivity contribution in [2.45, 2.75) is 12.5 Å². The van der Waals surface area contributed by atoms with Gasteiger partial charge in [-0.3, -0.25) is 10.3 Å². The molecule has 0 saturated heterocycles. The fraction of sp³-hybridized carbons (Fsp3) is 0.222. The Kier molecular flexibility index (Phi) is 4.30. The van der Waals surface area contributed by atoms with Gasteiger partial charge in [0.05, 0.1) is 19.9 Å². The maximum atomic E-state index is 5.64. The number of hydrogen-bond acceptors (Lipinski definition) is 4. The fourth-order valence-corrected chi connectivity index (χ4v) is 2.43. The van der Waals surface area contributed by atoms with Gasteiger partial charge >= 0.3 is 0 Å². The highest BCUT2D eigenvalue weighted by molar-refractivity contribution is 5.66. The van der Waals surface area contributed by atoms with Crippen molar-refractivity contribution in [3.63, 3.8) is 0 Å². The molecule has 0 saturated carbocycles. The van der Waals surface area contributed by atoms with Gasteiger partial charge in [0.25, 0.3) is 0 Å². The van der Waals surface area contributed by atoms with E-state index in [0.717, 1.165) is 29.2 Å². The minimum absolute atomic E-state index is 0.00889. The number of hydrogen-bond donors (Lipinski definition) is 1. The zero-order valence-electron chi connectivity index (χ0n) is 12.7. The van der Waals surface area contributed by atoms with Gasteiger partial charge in [-0.05, 0) is 35.9 Å². The molecule has 4 heteroatoms. The van der Waals surface area contributed by atoms with Gasteiger partial charge in [0.15, 0.2) is 0 Å². The van der Waals surface area contributed by atoms with Crippen molar-refractivity contribution < 1.29 is 14.3 Å². The molecule has 0 spiro atoms. The van der Waals surface area contributed by atoms with Crippen molar-refractivity contribution in [3.8, 4) is 11.5 Å². The summed E-state index contributed by atoms with van der Waals surface area (Å²) < 4.78 is 10.4. The second-order valence-electron chi connectivity index (χ2n) is 5.12. The Morgan fingerprint density at radius 1 is 1.00 bits per heavy atom. The quantitative estimate of drug-likeness (QED) is 0.920. The van der Waals surface area contributed by atoms with Crippen LogP contribution in [0, 0.1) is 0 Å². The third-order valence-corrected chi connectivity index (χ3v) is 3.65. The largest absolute Gasteiger partial charge is 0.497 e. The second-order valence-corrected chi connectivity index (χ2v) is 5.12. The Bertz CT molecular complexity index is 664. The molecule has 1 heterocycles. The summed E-state index contributed by atoms with van der Waals surface area (Å²) >= 11 is 0. The van der Waals surface area contributed by atoms with Crippen molar-refractivity contribution in [1.29, 1.82) is 0 Å². The second kappa shape index (κ2) is 6.54. The Labute approximate surface area is 130 Å². The van der Waals surface area contributed by atoms with E-state index in [9.17, 15) is 0 Å². The van der Waals surface area contributed by atoms with Crippen LogP contribution in [0.15, 0.2) is 54.6 Å². The zero-order chi connectivity index (χ0) is 15.4. The van der Waals surface area contributed by atoms with E-state index < -0.39 is 0 Å². The number of rotatable bonds is 5. The van der Waals surface area contributed by atoms with Crippen LogP contribution in [-0.2, 0) is 11.3 Å². The molecule has 22 heavy (non-hydrogen) atoms. The standard InChI is InChI=1S/C18H19NO3/c1-20-15-8-6-13(7-9-15)10-17-12-18(19-22-17)14-4-3-5-16(11-14)21-2/h3-9,11-12,17,19H,10H2,1-2H3. The van der Waals surface area contributed by atoms with E-state index in [-0.39, 0.29) is 6.10 Å². The predicted octanol–water partition coefficient (Wildman–Crippen LogP) is 3.19. The van der Waals surface area contributed by atoms with E-state index in [1.54, 1.807) is 14.2 Å². The van der Waals surface area contributed by atoms with Gasteiger partial charge in [-0.25, -0.2) is 0 Å². The number of methoxy groups -OCH3 is 2. The lowest BCUT2D eigenvalue weighted by Gasteiger charge is -2.08. The molecule has 4 nitrogen and oxygen atoms in total. The van der Waals surface area contributed by atoms with Crippen molar-refractivity contribution in [2.24, 2.45) is 0 Å². The summed E-state index contributed by atoms with van der Waals surface area (Å²) in [6, 6.07) is 15.9. The van der Waals surface area contributed by atoms with E-state index in [1.165, 1.54) is 5.56 Å². The number of hydroxylamine groups is 1. The smallest absolute Gasteiger partial charge is 0.119 e. The minimum Gasteiger partial charge on any atom is -0.497 e. The first-order valence-electron chi connectivity index (χ1n) is 7.19. The van der Waals surface area contributed by atoms with Gasteiger partial charge < -0.3 is 9.47 Å². The average Bonchev–Trinajstić information content (AvgIpc) is 3.04. The van der Waals surface area contributed by atoms with Crippen LogP contribution in [0.25, 0.3) is 5.70 Å². The number of nitrogens with one attached hydrogen (secondary N) is 1. The summed E-state index contributed by atoms with van der Waals surface area (Å²) in [6.45, 7) is 0. The first-order valence-corrected chi connectivity index (χ1v) is 7.19. The topological polar surface area (TPSA) is 39.7 Å². The lowest BCUT2D eigenvalue weighted by Crippen LogP contribution is -2.14. The molecule has 1 atom stereocenters. The lowest BCUT2D eigenvalue weighted by atomic mass is 10.1. The molecule has 2 aromatic carbocycles. The first-order chi connectivity index (χ1) is 10.8. The van der Waals surface area contributed by atoms with Crippen LogP contribution in [0.3, 0.4) is 0 Å². The average molecular weight is 297 g/mol. The van der Waals surface area contributed by atoms with Crippen molar-refractivity contribution in [2.75, 3.05) is 14.2 Å². The molecule has 1 N–H and O–H groups in total. The molecule has 3 rings (SSSR count). The SMILES string of the molecule is COc1ccc(CC2C=C(c3cccc(OC)c3)NO2)cc1. The highest BCUT2D eigenvalue weighted by Crippen LogP contribution is 2.24. The van der Waals surface area contributed by atoms with E-state index in [2.05, 4.69) is 23.7 Å². The van der Waals surface area contributed by atoms with E-state index in [4.69, 9.17) is 14.3 Å².